The molecule has 2 atom stereocenters. The van der Waals surface area contributed by atoms with Crippen molar-refractivity contribution in [1.29, 1.82) is 0 Å². The summed E-state index contributed by atoms with van der Waals surface area (Å²) in [7, 11) is 0. The molecule has 0 N–H and O–H groups in total. The summed E-state index contributed by atoms with van der Waals surface area (Å²) in [5.74, 6) is -0.285. The Bertz CT molecular complexity index is 117. The highest BCUT2D eigenvalue weighted by atomic mass is 79.9. The van der Waals surface area contributed by atoms with Crippen LogP contribution in [0.2, 0.25) is 0 Å². The first-order valence-corrected chi connectivity index (χ1v) is 5.54. The Kier molecular flexibility index (Phi) is 6.05. The Morgan fingerprint density at radius 2 is 2.10 bits per heavy atom. The number of esters is 1. The fraction of sp³-hybridized carbons (Fsp3) is 0.800. The van der Waals surface area contributed by atoms with Gasteiger partial charge in [-0.25, -0.2) is 0 Å². The molecule has 2 nitrogen and oxygen atoms in total. The van der Waals surface area contributed by atoms with Crippen LogP contribution in [0.5, 0.6) is 0 Å². The summed E-state index contributed by atoms with van der Waals surface area (Å²) in [6.45, 7) is 1.38. The quantitative estimate of drug-likeness (QED) is 0.583. The third-order valence-electron chi connectivity index (χ3n) is 0.710. The number of halogens is 3. The normalized spacial score (nSPS) is 16.0. The van der Waals surface area contributed by atoms with Crippen LogP contribution < -0.4 is 0 Å². The first-order chi connectivity index (χ1) is 4.57. The van der Waals surface area contributed by atoms with Crippen molar-refractivity contribution in [2.24, 2.45) is 0 Å². The Balaban J connectivity index is 3.61. The summed E-state index contributed by atoms with van der Waals surface area (Å²) < 4.78 is 4.80. The van der Waals surface area contributed by atoms with Crippen LogP contribution in [0.4, 0.5) is 0 Å². The molecule has 60 valence electrons. The lowest BCUT2D eigenvalue weighted by molar-refractivity contribution is -0.141. The maximum Gasteiger partial charge on any atom is 0.303 e. The van der Waals surface area contributed by atoms with Gasteiger partial charge in [-0.15, -0.1) is 0 Å². The van der Waals surface area contributed by atoms with Crippen LogP contribution in [0.3, 0.4) is 0 Å². The highest BCUT2D eigenvalue weighted by Crippen LogP contribution is 2.17. The Labute approximate surface area is 85.1 Å². The number of rotatable bonds is 3. The Morgan fingerprint density at radius 1 is 1.60 bits per heavy atom. The molecular weight excluding hydrogens is 332 g/mol. The second-order valence-corrected chi connectivity index (χ2v) is 4.36. The van der Waals surface area contributed by atoms with Crippen molar-refractivity contribution in [3.8, 4) is 0 Å². The number of hydrogen-bond donors (Lipinski definition) is 0. The van der Waals surface area contributed by atoms with E-state index in [2.05, 4.69) is 47.8 Å². The van der Waals surface area contributed by atoms with Crippen LogP contribution >= 0.6 is 47.8 Å². The van der Waals surface area contributed by atoms with E-state index in [-0.39, 0.29) is 15.8 Å². The molecule has 0 heterocycles. The summed E-state index contributed by atoms with van der Waals surface area (Å²) in [6, 6.07) is 0. The van der Waals surface area contributed by atoms with Gasteiger partial charge in [-0.05, 0) is 15.9 Å². The minimum absolute atomic E-state index is 0.108. The molecule has 0 bridgehead atoms. The van der Waals surface area contributed by atoms with E-state index in [0.717, 1.165) is 5.33 Å². The van der Waals surface area contributed by atoms with Gasteiger partial charge in [-0.2, -0.15) is 0 Å². The van der Waals surface area contributed by atoms with Gasteiger partial charge in [0.15, 0.2) is 5.01 Å². The molecule has 10 heavy (non-hydrogen) atoms. The van der Waals surface area contributed by atoms with Gasteiger partial charge in [-0.3, -0.25) is 4.79 Å². The van der Waals surface area contributed by atoms with Crippen LogP contribution in [0, 0.1) is 0 Å². The zero-order valence-corrected chi connectivity index (χ0v) is 10.1. The maximum absolute atomic E-state index is 10.4. The second kappa shape index (κ2) is 5.55. The highest BCUT2D eigenvalue weighted by Gasteiger charge is 2.16. The predicted molar refractivity (Wildman–Crippen MR) is 51.0 cm³/mol. The molecule has 0 aromatic heterocycles. The second-order valence-electron chi connectivity index (χ2n) is 1.63. The molecule has 0 radical (unpaired) electrons. The van der Waals surface area contributed by atoms with Gasteiger partial charge in [0.2, 0.25) is 0 Å². The van der Waals surface area contributed by atoms with E-state index < -0.39 is 0 Å². The van der Waals surface area contributed by atoms with Crippen LogP contribution in [-0.2, 0) is 9.53 Å². The molecule has 0 aromatic rings. The SMILES string of the molecule is CC(=O)OC(Br)C(Br)CBr. The topological polar surface area (TPSA) is 26.3 Å². The lowest BCUT2D eigenvalue weighted by Gasteiger charge is -2.13. The van der Waals surface area contributed by atoms with Gasteiger partial charge in [0.05, 0.1) is 4.83 Å². The van der Waals surface area contributed by atoms with Crippen LogP contribution in [0.25, 0.3) is 0 Å². The van der Waals surface area contributed by atoms with Gasteiger partial charge in [0.25, 0.3) is 0 Å². The van der Waals surface area contributed by atoms with Crippen LogP contribution in [0.1, 0.15) is 6.92 Å². The molecule has 0 amide bonds. The summed E-state index contributed by atoms with van der Waals surface area (Å²) >= 11 is 9.72. The smallest absolute Gasteiger partial charge is 0.303 e. The summed E-state index contributed by atoms with van der Waals surface area (Å²) in [6.07, 6.45) is 0. The minimum atomic E-state index is -0.285. The predicted octanol–water partition coefficient (Wildman–Crippen LogP) is 2.43. The number of carbonyl (C=O) groups excluding carboxylic acids is 1. The first-order valence-electron chi connectivity index (χ1n) is 2.59. The molecule has 0 aliphatic rings. The maximum atomic E-state index is 10.4. The van der Waals surface area contributed by atoms with Crippen molar-refractivity contribution in [2.75, 3.05) is 5.33 Å². The van der Waals surface area contributed by atoms with E-state index in [1.165, 1.54) is 6.92 Å². The van der Waals surface area contributed by atoms with Gasteiger partial charge >= 0.3 is 5.97 Å². The fourth-order valence-corrected chi connectivity index (χ4v) is 1.70. The number of hydrogen-bond acceptors (Lipinski definition) is 2. The zero-order chi connectivity index (χ0) is 8.15. The van der Waals surface area contributed by atoms with Crippen molar-refractivity contribution in [1.82, 2.24) is 0 Å². The van der Waals surface area contributed by atoms with Gasteiger partial charge in [0.1, 0.15) is 0 Å². The largest absolute Gasteiger partial charge is 0.450 e. The molecule has 0 aliphatic heterocycles. The minimum Gasteiger partial charge on any atom is -0.450 e. The molecule has 0 spiro atoms. The average molecular weight is 339 g/mol. The monoisotopic (exact) mass is 336 g/mol. The molecule has 0 aliphatic carbocycles. The average Bonchev–Trinajstić information content (AvgIpc) is 1.85. The molecular formula is C5H7Br3O2. The molecule has 0 rings (SSSR count). The third-order valence-corrected chi connectivity index (χ3v) is 4.62. The van der Waals surface area contributed by atoms with Crippen molar-refractivity contribution in [3.05, 3.63) is 0 Å². The summed E-state index contributed by atoms with van der Waals surface area (Å²) in [5, 5.41) is 0.472. The molecule has 0 saturated heterocycles. The highest BCUT2D eigenvalue weighted by molar-refractivity contribution is 9.13. The van der Waals surface area contributed by atoms with Gasteiger partial charge in [0, 0.05) is 12.3 Å². The van der Waals surface area contributed by atoms with Crippen LogP contribution in [-0.4, -0.2) is 21.1 Å². The van der Waals surface area contributed by atoms with E-state index in [0.29, 0.717) is 0 Å². The van der Waals surface area contributed by atoms with Gasteiger partial charge in [-0.1, -0.05) is 31.9 Å². The van der Waals surface area contributed by atoms with Crippen molar-refractivity contribution in [3.63, 3.8) is 0 Å². The standard InChI is InChI=1S/C5H7Br3O2/c1-3(9)10-5(8)4(7)2-6/h4-5H,2H2,1H3. The summed E-state index contributed by atoms with van der Waals surface area (Å²) in [5.41, 5.74) is 0. The van der Waals surface area contributed by atoms with Crippen molar-refractivity contribution in [2.45, 2.75) is 16.8 Å². The first kappa shape index (κ1) is 10.9. The van der Waals surface area contributed by atoms with Gasteiger partial charge < -0.3 is 4.74 Å². The van der Waals surface area contributed by atoms with E-state index in [9.17, 15) is 4.79 Å². The molecule has 0 fully saturated rings. The van der Waals surface area contributed by atoms with Crippen molar-refractivity contribution >= 4 is 53.8 Å². The number of carbonyl (C=O) groups is 1. The summed E-state index contributed by atoms with van der Waals surface area (Å²) in [4.78, 5) is 10.5. The zero-order valence-electron chi connectivity index (χ0n) is 5.31. The van der Waals surface area contributed by atoms with E-state index in [4.69, 9.17) is 4.74 Å². The van der Waals surface area contributed by atoms with E-state index in [1.54, 1.807) is 0 Å². The van der Waals surface area contributed by atoms with E-state index in [1.807, 2.05) is 0 Å². The Hall–Kier alpha value is 0.910. The number of ether oxygens (including phenoxy) is 1. The lowest BCUT2D eigenvalue weighted by Crippen LogP contribution is -2.21. The fourth-order valence-electron chi connectivity index (χ4n) is 0.302. The lowest BCUT2D eigenvalue weighted by atomic mass is 10.5. The van der Waals surface area contributed by atoms with Crippen LogP contribution in [0.15, 0.2) is 0 Å². The molecule has 0 aromatic carbocycles. The molecule has 5 heteroatoms. The number of alkyl halides is 3. The molecule has 2 unspecified atom stereocenters. The molecule has 0 saturated carbocycles. The third kappa shape index (κ3) is 4.68. The van der Waals surface area contributed by atoms with E-state index >= 15 is 0 Å². The van der Waals surface area contributed by atoms with Crippen molar-refractivity contribution < 1.29 is 9.53 Å². The Morgan fingerprint density at radius 3 is 2.40 bits per heavy atom.